The van der Waals surface area contributed by atoms with E-state index >= 15 is 0 Å². The number of hydrogen-bond acceptors (Lipinski definition) is 2. The molecule has 0 heterocycles. The Balaban J connectivity index is 2.02. The molecule has 0 aromatic rings. The minimum atomic E-state index is 0.270. The Hall–Kier alpha value is -1.02. The average Bonchev–Trinajstić information content (AvgIpc) is 2.73. The van der Waals surface area contributed by atoms with Gasteiger partial charge < -0.3 is 0 Å². The third-order valence-corrected chi connectivity index (χ3v) is 3.83. The lowest BCUT2D eigenvalue weighted by atomic mass is 9.78. The first-order valence-electron chi connectivity index (χ1n) is 5.13. The van der Waals surface area contributed by atoms with Crippen LogP contribution >= 0.6 is 0 Å². The Morgan fingerprint density at radius 2 is 1.92 bits per heavy atom. The van der Waals surface area contributed by atoms with E-state index in [0.717, 1.165) is 12.3 Å². The predicted molar refractivity (Wildman–Crippen MR) is 48.3 cm³/mol. The van der Waals surface area contributed by atoms with E-state index in [1.165, 1.54) is 19.3 Å². The number of hydrogen-bond donors (Lipinski definition) is 0. The highest BCUT2D eigenvalue weighted by Gasteiger charge is 2.47. The molecule has 2 fully saturated rings. The maximum atomic E-state index is 9.02. The largest absolute Gasteiger partial charge is 0.198 e. The first-order chi connectivity index (χ1) is 6.36. The molecule has 4 unspecified atom stereocenters. The zero-order chi connectivity index (χ0) is 9.26. The number of rotatable bonds is 2. The molecular formula is C11H14N2. The molecule has 4 atom stereocenters. The summed E-state index contributed by atoms with van der Waals surface area (Å²) in [5.41, 5.74) is 0. The zero-order valence-corrected chi connectivity index (χ0v) is 7.74. The van der Waals surface area contributed by atoms with E-state index in [4.69, 9.17) is 10.5 Å². The van der Waals surface area contributed by atoms with Crippen molar-refractivity contribution in [2.75, 3.05) is 0 Å². The van der Waals surface area contributed by atoms with E-state index in [1.54, 1.807) is 0 Å². The minimum absolute atomic E-state index is 0.270. The maximum absolute atomic E-state index is 9.02. The molecule has 0 N–H and O–H groups in total. The molecular weight excluding hydrogens is 160 g/mol. The van der Waals surface area contributed by atoms with E-state index in [0.29, 0.717) is 18.3 Å². The van der Waals surface area contributed by atoms with Gasteiger partial charge in [0.25, 0.3) is 0 Å². The Morgan fingerprint density at radius 1 is 1.15 bits per heavy atom. The highest BCUT2D eigenvalue weighted by molar-refractivity contribution is 5.05. The second kappa shape index (κ2) is 3.38. The van der Waals surface area contributed by atoms with Gasteiger partial charge in [-0.15, -0.1) is 0 Å². The fraction of sp³-hybridized carbons (Fsp3) is 0.818. The Morgan fingerprint density at radius 3 is 2.62 bits per heavy atom. The van der Waals surface area contributed by atoms with Crippen molar-refractivity contribution in [1.29, 1.82) is 10.5 Å². The van der Waals surface area contributed by atoms with E-state index in [-0.39, 0.29) is 5.92 Å². The monoisotopic (exact) mass is 174 g/mol. The van der Waals surface area contributed by atoms with E-state index in [2.05, 4.69) is 12.1 Å². The van der Waals surface area contributed by atoms with Gasteiger partial charge in [0, 0.05) is 6.42 Å². The molecule has 0 aromatic carbocycles. The molecule has 68 valence electrons. The van der Waals surface area contributed by atoms with Crippen LogP contribution in [0.1, 0.15) is 32.1 Å². The summed E-state index contributed by atoms with van der Waals surface area (Å²) in [7, 11) is 0. The molecule has 2 aliphatic rings. The third kappa shape index (κ3) is 1.31. The molecule has 2 bridgehead atoms. The van der Waals surface area contributed by atoms with Gasteiger partial charge in [-0.05, 0) is 43.4 Å². The Labute approximate surface area is 79.2 Å². The van der Waals surface area contributed by atoms with Crippen LogP contribution in [0.25, 0.3) is 0 Å². The van der Waals surface area contributed by atoms with Gasteiger partial charge in [0.05, 0.1) is 18.1 Å². The number of nitriles is 2. The van der Waals surface area contributed by atoms with Crippen molar-refractivity contribution < 1.29 is 0 Å². The van der Waals surface area contributed by atoms with Crippen LogP contribution in [0.15, 0.2) is 0 Å². The van der Waals surface area contributed by atoms with Crippen molar-refractivity contribution in [3.05, 3.63) is 0 Å². The molecule has 2 nitrogen and oxygen atoms in total. The molecule has 2 saturated carbocycles. The van der Waals surface area contributed by atoms with Crippen LogP contribution in [0.2, 0.25) is 0 Å². The highest BCUT2D eigenvalue weighted by Crippen LogP contribution is 2.53. The van der Waals surface area contributed by atoms with Crippen LogP contribution in [-0.2, 0) is 0 Å². The fourth-order valence-corrected chi connectivity index (χ4v) is 3.26. The topological polar surface area (TPSA) is 47.6 Å². The Kier molecular flexibility index (Phi) is 2.23. The number of fused-ring (bicyclic) bond motifs is 2. The van der Waals surface area contributed by atoms with Crippen LogP contribution in [0, 0.1) is 46.3 Å². The summed E-state index contributed by atoms with van der Waals surface area (Å²) >= 11 is 0. The first-order valence-corrected chi connectivity index (χ1v) is 5.13. The summed E-state index contributed by atoms with van der Waals surface area (Å²) in [6.45, 7) is 0. The molecule has 2 rings (SSSR count). The van der Waals surface area contributed by atoms with Gasteiger partial charge in [-0.2, -0.15) is 10.5 Å². The average molecular weight is 174 g/mol. The molecule has 0 saturated heterocycles. The molecule has 0 amide bonds. The lowest BCUT2D eigenvalue weighted by Gasteiger charge is -2.25. The van der Waals surface area contributed by atoms with Crippen molar-refractivity contribution >= 4 is 0 Å². The van der Waals surface area contributed by atoms with Crippen LogP contribution in [-0.4, -0.2) is 0 Å². The summed E-state index contributed by atoms with van der Waals surface area (Å²) in [5, 5.41) is 17.5. The van der Waals surface area contributed by atoms with Crippen LogP contribution < -0.4 is 0 Å². The Bertz CT molecular complexity index is 271. The predicted octanol–water partition coefficient (Wildman–Crippen LogP) is 2.48. The van der Waals surface area contributed by atoms with Crippen molar-refractivity contribution in [2.45, 2.75) is 32.1 Å². The van der Waals surface area contributed by atoms with Gasteiger partial charge in [0.2, 0.25) is 0 Å². The van der Waals surface area contributed by atoms with Crippen molar-refractivity contribution in [3.63, 3.8) is 0 Å². The molecule has 0 spiro atoms. The van der Waals surface area contributed by atoms with E-state index in [1.807, 2.05) is 0 Å². The van der Waals surface area contributed by atoms with E-state index in [9.17, 15) is 0 Å². The van der Waals surface area contributed by atoms with Gasteiger partial charge in [-0.3, -0.25) is 0 Å². The van der Waals surface area contributed by atoms with Gasteiger partial charge >= 0.3 is 0 Å². The van der Waals surface area contributed by atoms with Gasteiger partial charge in [0.1, 0.15) is 0 Å². The van der Waals surface area contributed by atoms with Crippen LogP contribution in [0.4, 0.5) is 0 Å². The molecule has 2 heteroatoms. The molecule has 0 radical (unpaired) electrons. The van der Waals surface area contributed by atoms with Crippen molar-refractivity contribution in [3.8, 4) is 12.1 Å². The lowest BCUT2D eigenvalue weighted by molar-refractivity contribution is 0.259. The molecule has 0 aliphatic heterocycles. The second-order valence-electron chi connectivity index (χ2n) is 4.35. The zero-order valence-electron chi connectivity index (χ0n) is 7.74. The van der Waals surface area contributed by atoms with Crippen molar-refractivity contribution in [1.82, 2.24) is 0 Å². The van der Waals surface area contributed by atoms with Gasteiger partial charge in [-0.25, -0.2) is 0 Å². The van der Waals surface area contributed by atoms with Gasteiger partial charge in [0.15, 0.2) is 0 Å². The van der Waals surface area contributed by atoms with Gasteiger partial charge in [-0.1, -0.05) is 0 Å². The smallest absolute Gasteiger partial charge is 0.0661 e. The van der Waals surface area contributed by atoms with Crippen LogP contribution in [0.5, 0.6) is 0 Å². The summed E-state index contributed by atoms with van der Waals surface area (Å²) in [6.07, 6.45) is 5.40. The minimum Gasteiger partial charge on any atom is -0.198 e. The SMILES string of the molecule is N#CCCC1C2CCC(C2)C1C#N. The third-order valence-electron chi connectivity index (χ3n) is 3.83. The second-order valence-corrected chi connectivity index (χ2v) is 4.35. The van der Waals surface area contributed by atoms with E-state index < -0.39 is 0 Å². The quantitative estimate of drug-likeness (QED) is 0.645. The normalized spacial score (nSPS) is 41.4. The fourth-order valence-electron chi connectivity index (χ4n) is 3.26. The highest BCUT2D eigenvalue weighted by atomic mass is 14.5. The molecule has 2 aliphatic carbocycles. The van der Waals surface area contributed by atoms with Crippen molar-refractivity contribution in [2.24, 2.45) is 23.7 Å². The summed E-state index contributed by atoms with van der Waals surface area (Å²) in [5.74, 6) is 2.25. The maximum Gasteiger partial charge on any atom is 0.0661 e. The summed E-state index contributed by atoms with van der Waals surface area (Å²) < 4.78 is 0. The first kappa shape index (κ1) is 8.57. The molecule has 13 heavy (non-hydrogen) atoms. The summed E-state index contributed by atoms with van der Waals surface area (Å²) in [4.78, 5) is 0. The lowest BCUT2D eigenvalue weighted by Crippen LogP contribution is -2.20. The van der Waals surface area contributed by atoms with Crippen LogP contribution in [0.3, 0.4) is 0 Å². The standard InChI is InChI=1S/C11H14N2/c12-5-1-2-10-8-3-4-9(6-8)11(10)7-13/h8-11H,1-4,6H2. The summed E-state index contributed by atoms with van der Waals surface area (Å²) in [6, 6.07) is 4.63. The number of nitrogens with zero attached hydrogens (tertiary/aromatic N) is 2. The molecule has 0 aromatic heterocycles.